The van der Waals surface area contributed by atoms with E-state index in [1.54, 1.807) is 20.8 Å². The molecule has 0 aliphatic carbocycles. The van der Waals surface area contributed by atoms with E-state index in [1.165, 1.54) is 0 Å². The van der Waals surface area contributed by atoms with Crippen molar-refractivity contribution in [2.24, 2.45) is 11.7 Å². The van der Waals surface area contributed by atoms with Crippen molar-refractivity contribution < 1.29 is 23.9 Å². The van der Waals surface area contributed by atoms with Gasteiger partial charge in [0.05, 0.1) is 0 Å². The molecule has 31 heavy (non-hydrogen) atoms. The highest BCUT2D eigenvalue weighted by molar-refractivity contribution is 5.92. The second-order valence-electron chi connectivity index (χ2n) is 8.76. The first-order valence-electron chi connectivity index (χ1n) is 10.3. The molecular formula is C22H34N4O5. The molecule has 172 valence electrons. The van der Waals surface area contributed by atoms with E-state index in [1.807, 2.05) is 44.2 Å². The summed E-state index contributed by atoms with van der Waals surface area (Å²) in [5.41, 5.74) is 5.54. The molecule has 0 saturated carbocycles. The Labute approximate surface area is 183 Å². The molecule has 0 aliphatic heterocycles. The summed E-state index contributed by atoms with van der Waals surface area (Å²) in [6.45, 7) is 8.58. The molecule has 0 spiro atoms. The summed E-state index contributed by atoms with van der Waals surface area (Å²) < 4.78 is 5.09. The molecule has 0 aromatic heterocycles. The van der Waals surface area contributed by atoms with Gasteiger partial charge in [-0.2, -0.15) is 0 Å². The zero-order valence-electron chi connectivity index (χ0n) is 18.9. The molecule has 0 bridgehead atoms. The van der Waals surface area contributed by atoms with E-state index in [-0.39, 0.29) is 18.9 Å². The lowest BCUT2D eigenvalue weighted by atomic mass is 10.0. The van der Waals surface area contributed by atoms with Crippen molar-refractivity contribution in [3.8, 4) is 0 Å². The summed E-state index contributed by atoms with van der Waals surface area (Å²) in [6, 6.07) is 7.33. The van der Waals surface area contributed by atoms with Gasteiger partial charge in [0.1, 0.15) is 24.2 Å². The molecule has 1 aromatic carbocycles. The van der Waals surface area contributed by atoms with Crippen LogP contribution < -0.4 is 21.7 Å². The van der Waals surface area contributed by atoms with Gasteiger partial charge in [0.25, 0.3) is 0 Å². The number of amides is 4. The van der Waals surface area contributed by atoms with Crippen molar-refractivity contribution >= 4 is 23.8 Å². The Bertz CT molecular complexity index is 759. The van der Waals surface area contributed by atoms with Gasteiger partial charge in [-0.3, -0.25) is 14.4 Å². The number of ether oxygens (including phenoxy) is 1. The quantitative estimate of drug-likeness (QED) is 0.439. The van der Waals surface area contributed by atoms with Gasteiger partial charge >= 0.3 is 6.09 Å². The van der Waals surface area contributed by atoms with Crippen molar-refractivity contribution in [2.45, 2.75) is 65.1 Å². The predicted molar refractivity (Wildman–Crippen MR) is 117 cm³/mol. The van der Waals surface area contributed by atoms with E-state index in [2.05, 4.69) is 16.0 Å². The van der Waals surface area contributed by atoms with Crippen LogP contribution in [0, 0.1) is 5.92 Å². The number of hydrogen-bond acceptors (Lipinski definition) is 5. The van der Waals surface area contributed by atoms with Crippen LogP contribution in [-0.4, -0.2) is 48.0 Å². The van der Waals surface area contributed by atoms with Crippen molar-refractivity contribution in [1.82, 2.24) is 16.0 Å². The third kappa shape index (κ3) is 11.0. The van der Waals surface area contributed by atoms with Gasteiger partial charge in [-0.1, -0.05) is 44.2 Å². The molecule has 2 atom stereocenters. The number of carbonyl (C=O) groups is 4. The molecule has 9 nitrogen and oxygen atoms in total. The molecule has 0 fully saturated rings. The van der Waals surface area contributed by atoms with Gasteiger partial charge in [-0.15, -0.1) is 0 Å². The lowest BCUT2D eigenvalue weighted by molar-refractivity contribution is -0.131. The zero-order valence-corrected chi connectivity index (χ0v) is 18.9. The molecule has 5 N–H and O–H groups in total. The van der Waals surface area contributed by atoms with Crippen LogP contribution in [0.2, 0.25) is 0 Å². The Morgan fingerprint density at radius 3 is 2.13 bits per heavy atom. The van der Waals surface area contributed by atoms with E-state index >= 15 is 0 Å². The fraction of sp³-hybridized carbons (Fsp3) is 0.545. The molecule has 9 heteroatoms. The van der Waals surface area contributed by atoms with Crippen LogP contribution in [0.3, 0.4) is 0 Å². The molecule has 0 saturated heterocycles. The highest BCUT2D eigenvalue weighted by Crippen LogP contribution is 2.08. The maximum absolute atomic E-state index is 12.9. The minimum absolute atomic E-state index is 0.137. The molecule has 0 heterocycles. The summed E-state index contributed by atoms with van der Waals surface area (Å²) in [7, 11) is 0. The number of alkyl carbamates (subject to hydrolysis) is 1. The monoisotopic (exact) mass is 434 g/mol. The molecule has 1 rings (SSSR count). The summed E-state index contributed by atoms with van der Waals surface area (Å²) in [5, 5.41) is 7.59. The zero-order chi connectivity index (χ0) is 23.6. The van der Waals surface area contributed by atoms with Crippen molar-refractivity contribution in [1.29, 1.82) is 0 Å². The minimum atomic E-state index is -0.954. The van der Waals surface area contributed by atoms with Gasteiger partial charge in [0.15, 0.2) is 0 Å². The molecule has 0 radical (unpaired) electrons. The first-order valence-corrected chi connectivity index (χ1v) is 10.3. The van der Waals surface area contributed by atoms with Gasteiger partial charge in [-0.25, -0.2) is 4.79 Å². The van der Waals surface area contributed by atoms with Gasteiger partial charge in [-0.05, 0) is 38.7 Å². The Balaban J connectivity index is 2.83. The van der Waals surface area contributed by atoms with E-state index in [0.717, 1.165) is 5.56 Å². The van der Waals surface area contributed by atoms with Crippen LogP contribution in [0.25, 0.3) is 0 Å². The fourth-order valence-electron chi connectivity index (χ4n) is 2.76. The van der Waals surface area contributed by atoms with Gasteiger partial charge in [0, 0.05) is 6.42 Å². The number of nitrogens with one attached hydrogen (secondary N) is 3. The lowest BCUT2D eigenvalue weighted by Crippen LogP contribution is -2.55. The number of benzene rings is 1. The summed E-state index contributed by atoms with van der Waals surface area (Å²) in [6.07, 6.45) is -0.150. The van der Waals surface area contributed by atoms with Gasteiger partial charge < -0.3 is 26.4 Å². The Hall–Kier alpha value is -3.10. The largest absolute Gasteiger partial charge is 0.444 e. The number of rotatable bonds is 10. The summed E-state index contributed by atoms with van der Waals surface area (Å²) in [4.78, 5) is 48.7. The third-order valence-electron chi connectivity index (χ3n) is 4.09. The van der Waals surface area contributed by atoms with Crippen LogP contribution in [0.1, 0.15) is 46.6 Å². The molecule has 4 amide bonds. The maximum Gasteiger partial charge on any atom is 0.408 e. The average Bonchev–Trinajstić information content (AvgIpc) is 2.64. The Morgan fingerprint density at radius 2 is 1.61 bits per heavy atom. The van der Waals surface area contributed by atoms with Crippen molar-refractivity contribution in [3.05, 3.63) is 35.9 Å². The van der Waals surface area contributed by atoms with Crippen LogP contribution in [0.4, 0.5) is 4.79 Å². The van der Waals surface area contributed by atoms with Crippen molar-refractivity contribution in [3.63, 3.8) is 0 Å². The molecule has 2 unspecified atom stereocenters. The predicted octanol–water partition coefficient (Wildman–Crippen LogP) is 1.25. The average molecular weight is 435 g/mol. The number of hydrogen-bond donors (Lipinski definition) is 4. The van der Waals surface area contributed by atoms with Gasteiger partial charge in [0.2, 0.25) is 17.7 Å². The van der Waals surface area contributed by atoms with E-state index < -0.39 is 41.5 Å². The topological polar surface area (TPSA) is 140 Å². The fourth-order valence-corrected chi connectivity index (χ4v) is 2.76. The Morgan fingerprint density at radius 1 is 1.00 bits per heavy atom. The lowest BCUT2D eigenvalue weighted by Gasteiger charge is -2.23. The highest BCUT2D eigenvalue weighted by atomic mass is 16.6. The van der Waals surface area contributed by atoms with Crippen LogP contribution in [0.5, 0.6) is 0 Å². The highest BCUT2D eigenvalue weighted by Gasteiger charge is 2.27. The van der Waals surface area contributed by atoms with Crippen molar-refractivity contribution in [2.75, 3.05) is 6.54 Å². The van der Waals surface area contributed by atoms with Crippen LogP contribution in [-0.2, 0) is 25.5 Å². The van der Waals surface area contributed by atoms with E-state index in [9.17, 15) is 19.2 Å². The molecule has 0 aliphatic rings. The number of carbonyl (C=O) groups excluding carboxylic acids is 4. The number of nitrogens with two attached hydrogens (primary N) is 1. The number of primary amides is 1. The summed E-state index contributed by atoms with van der Waals surface area (Å²) >= 11 is 0. The standard InChI is InChI=1S/C22H34N4O5/c1-14(2)11-16(19(23)28)26-20(29)17(12-15-9-7-6-8-10-15)25-18(27)13-24-21(30)31-22(3,4)5/h6-10,14,16-17H,11-13H2,1-5H3,(H2,23,28)(H,24,30)(H,25,27)(H,26,29). The maximum atomic E-state index is 12.9. The van der Waals surface area contributed by atoms with E-state index in [0.29, 0.717) is 6.42 Å². The molecular weight excluding hydrogens is 400 g/mol. The normalized spacial score (nSPS) is 13.1. The second kappa shape index (κ2) is 11.9. The first kappa shape index (κ1) is 25.9. The van der Waals surface area contributed by atoms with Crippen LogP contribution >= 0.6 is 0 Å². The summed E-state index contributed by atoms with van der Waals surface area (Å²) in [5.74, 6) is -1.60. The SMILES string of the molecule is CC(C)CC(NC(=O)C(Cc1ccccc1)NC(=O)CNC(=O)OC(C)(C)C)C(N)=O. The van der Waals surface area contributed by atoms with E-state index in [4.69, 9.17) is 10.5 Å². The Kier molecular flexibility index (Phi) is 9.98. The molecule has 1 aromatic rings. The van der Waals surface area contributed by atoms with Crippen LogP contribution in [0.15, 0.2) is 30.3 Å². The smallest absolute Gasteiger partial charge is 0.408 e. The minimum Gasteiger partial charge on any atom is -0.444 e. The second-order valence-corrected chi connectivity index (χ2v) is 8.76. The first-order chi connectivity index (χ1) is 14.4. The third-order valence-corrected chi connectivity index (χ3v) is 4.09.